The van der Waals surface area contributed by atoms with Crippen LogP contribution >= 0.6 is 11.6 Å². The fourth-order valence-electron chi connectivity index (χ4n) is 3.50. The predicted molar refractivity (Wildman–Crippen MR) is 119 cm³/mol. The largest absolute Gasteiger partial charge is 0.497 e. The van der Waals surface area contributed by atoms with Gasteiger partial charge >= 0.3 is 5.97 Å². The van der Waals surface area contributed by atoms with Crippen molar-refractivity contribution in [3.05, 3.63) is 68.9 Å². The lowest BCUT2D eigenvalue weighted by atomic mass is 10.1. The molecule has 0 atom stereocenters. The van der Waals surface area contributed by atoms with Crippen LogP contribution in [0.5, 0.6) is 5.75 Å². The van der Waals surface area contributed by atoms with E-state index in [2.05, 4.69) is 4.98 Å². The lowest BCUT2D eigenvalue weighted by Crippen LogP contribution is -2.37. The van der Waals surface area contributed by atoms with Crippen LogP contribution in [0.1, 0.15) is 15.9 Å². The summed E-state index contributed by atoms with van der Waals surface area (Å²) < 4.78 is 16.0. The molecule has 1 saturated heterocycles. The van der Waals surface area contributed by atoms with Gasteiger partial charge in [-0.3, -0.25) is 10.1 Å². The van der Waals surface area contributed by atoms with Gasteiger partial charge in [0.15, 0.2) is 0 Å². The number of ether oxygens (including phenoxy) is 3. The maximum Gasteiger partial charge on any atom is 0.340 e. The van der Waals surface area contributed by atoms with Gasteiger partial charge in [0.1, 0.15) is 17.5 Å². The van der Waals surface area contributed by atoms with E-state index in [9.17, 15) is 14.9 Å². The van der Waals surface area contributed by atoms with E-state index in [1.54, 1.807) is 31.4 Å². The van der Waals surface area contributed by atoms with Gasteiger partial charge in [-0.1, -0.05) is 11.6 Å². The molecule has 4 rings (SSSR count). The van der Waals surface area contributed by atoms with Crippen molar-refractivity contribution in [3.63, 3.8) is 0 Å². The fourth-order valence-corrected chi connectivity index (χ4v) is 3.70. The molecule has 0 bridgehead atoms. The molecule has 1 aliphatic heterocycles. The van der Waals surface area contributed by atoms with Crippen LogP contribution in [0.25, 0.3) is 10.9 Å². The Balaban J connectivity index is 1.59. The zero-order valence-corrected chi connectivity index (χ0v) is 18.0. The Morgan fingerprint density at radius 2 is 2.00 bits per heavy atom. The molecular weight excluding hydrogens is 438 g/mol. The first-order valence-corrected chi connectivity index (χ1v) is 10.3. The van der Waals surface area contributed by atoms with Crippen molar-refractivity contribution >= 4 is 39.8 Å². The summed E-state index contributed by atoms with van der Waals surface area (Å²) in [6, 6.07) is 11.4. The van der Waals surface area contributed by atoms with Crippen LogP contribution in [-0.2, 0) is 16.1 Å². The second-order valence-corrected chi connectivity index (χ2v) is 7.49. The summed E-state index contributed by atoms with van der Waals surface area (Å²) in [5.41, 5.74) is 1.68. The average molecular weight is 458 g/mol. The van der Waals surface area contributed by atoms with Crippen molar-refractivity contribution in [2.45, 2.75) is 6.61 Å². The number of fused-ring (bicyclic) bond motifs is 1. The normalized spacial score (nSPS) is 13.8. The third-order valence-electron chi connectivity index (χ3n) is 5.17. The molecule has 32 heavy (non-hydrogen) atoms. The first kappa shape index (κ1) is 21.8. The number of morpholine rings is 1. The maximum absolute atomic E-state index is 12.9. The van der Waals surface area contributed by atoms with Crippen molar-refractivity contribution in [3.8, 4) is 5.75 Å². The lowest BCUT2D eigenvalue weighted by molar-refractivity contribution is -0.384. The number of benzene rings is 2. The number of aromatic nitrogens is 1. The number of nitro benzene ring substituents is 1. The summed E-state index contributed by atoms with van der Waals surface area (Å²) in [6.45, 7) is 2.03. The highest BCUT2D eigenvalue weighted by molar-refractivity contribution is 6.30. The van der Waals surface area contributed by atoms with Crippen LogP contribution in [0.3, 0.4) is 0 Å². The number of pyridine rings is 1. The number of carbonyl (C=O) groups excluding carboxylic acids is 1. The van der Waals surface area contributed by atoms with Gasteiger partial charge in [-0.05, 0) is 24.3 Å². The number of anilines is 1. The molecule has 3 aromatic rings. The monoisotopic (exact) mass is 457 g/mol. The van der Waals surface area contributed by atoms with E-state index in [0.29, 0.717) is 48.8 Å². The fraction of sp³-hybridized carbons (Fsp3) is 0.273. The number of hydrogen-bond acceptors (Lipinski definition) is 8. The number of rotatable bonds is 6. The highest BCUT2D eigenvalue weighted by atomic mass is 35.5. The van der Waals surface area contributed by atoms with Crippen LogP contribution in [0.4, 0.5) is 11.4 Å². The summed E-state index contributed by atoms with van der Waals surface area (Å²) in [6.07, 6.45) is 0. The third kappa shape index (κ3) is 4.58. The first-order valence-electron chi connectivity index (χ1n) is 9.87. The van der Waals surface area contributed by atoms with Gasteiger partial charge in [-0.25, -0.2) is 9.78 Å². The van der Waals surface area contributed by atoms with Crippen molar-refractivity contribution in [1.82, 2.24) is 4.98 Å². The average Bonchev–Trinajstić information content (AvgIpc) is 2.82. The molecule has 0 aliphatic carbocycles. The second-order valence-electron chi connectivity index (χ2n) is 7.13. The molecule has 1 fully saturated rings. The van der Waals surface area contributed by atoms with Gasteiger partial charge in [-0.2, -0.15) is 0 Å². The molecule has 0 spiro atoms. The minimum absolute atomic E-state index is 0.121. The van der Waals surface area contributed by atoms with Crippen LogP contribution in [0.2, 0.25) is 5.15 Å². The molecule has 9 nitrogen and oxygen atoms in total. The molecule has 1 aliphatic rings. The Kier molecular flexibility index (Phi) is 6.38. The highest BCUT2D eigenvalue weighted by Crippen LogP contribution is 2.29. The molecule has 0 amide bonds. The van der Waals surface area contributed by atoms with Crippen molar-refractivity contribution in [1.29, 1.82) is 0 Å². The van der Waals surface area contributed by atoms with Crippen LogP contribution in [-0.4, -0.2) is 49.3 Å². The van der Waals surface area contributed by atoms with E-state index >= 15 is 0 Å². The maximum atomic E-state index is 12.9. The molecule has 166 valence electrons. The van der Waals surface area contributed by atoms with E-state index in [-0.39, 0.29) is 23.0 Å². The van der Waals surface area contributed by atoms with Gasteiger partial charge in [-0.15, -0.1) is 0 Å². The Labute approximate surface area is 188 Å². The SMILES string of the molecule is COc1ccc2cc(COC(=O)c3cc([N+](=O)[O-])ccc3N3CCOCC3)c(Cl)nc2c1. The van der Waals surface area contributed by atoms with Crippen molar-refractivity contribution in [2.24, 2.45) is 0 Å². The van der Waals surface area contributed by atoms with Gasteiger partial charge in [0.25, 0.3) is 5.69 Å². The molecule has 1 aromatic heterocycles. The summed E-state index contributed by atoms with van der Waals surface area (Å²) in [4.78, 5) is 29.9. The number of hydrogen-bond donors (Lipinski definition) is 0. The molecule has 2 heterocycles. The Morgan fingerprint density at radius 1 is 1.22 bits per heavy atom. The summed E-state index contributed by atoms with van der Waals surface area (Å²) in [5.74, 6) is -0.0253. The number of nitro groups is 1. The standard InChI is InChI=1S/C22H20ClN3O6/c1-30-17-4-2-14-10-15(21(23)24-19(14)12-17)13-32-22(27)18-11-16(26(28)29)3-5-20(18)25-6-8-31-9-7-25/h2-5,10-12H,6-9,13H2,1H3. The van der Waals surface area contributed by atoms with Gasteiger partial charge in [0.2, 0.25) is 0 Å². The van der Waals surface area contributed by atoms with Gasteiger partial charge < -0.3 is 19.1 Å². The number of esters is 1. The molecule has 0 N–H and O–H groups in total. The van der Waals surface area contributed by atoms with E-state index in [1.807, 2.05) is 11.0 Å². The quantitative estimate of drug-likeness (QED) is 0.237. The lowest BCUT2D eigenvalue weighted by Gasteiger charge is -2.30. The van der Waals surface area contributed by atoms with E-state index in [1.165, 1.54) is 12.1 Å². The van der Waals surface area contributed by atoms with E-state index in [0.717, 1.165) is 5.39 Å². The Bertz CT molecular complexity index is 1180. The minimum Gasteiger partial charge on any atom is -0.497 e. The molecule has 0 unspecified atom stereocenters. The topological polar surface area (TPSA) is 104 Å². The van der Waals surface area contributed by atoms with Crippen molar-refractivity contribution < 1.29 is 23.9 Å². The number of carbonyl (C=O) groups is 1. The zero-order valence-electron chi connectivity index (χ0n) is 17.2. The molecule has 10 heteroatoms. The number of nitrogens with zero attached hydrogens (tertiary/aromatic N) is 3. The molecular formula is C22H20ClN3O6. The smallest absolute Gasteiger partial charge is 0.340 e. The predicted octanol–water partition coefficient (Wildman–Crippen LogP) is 4.00. The van der Waals surface area contributed by atoms with E-state index in [4.69, 9.17) is 25.8 Å². The van der Waals surface area contributed by atoms with Crippen LogP contribution < -0.4 is 9.64 Å². The zero-order chi connectivity index (χ0) is 22.7. The minimum atomic E-state index is -0.680. The number of halogens is 1. The number of methoxy groups -OCH3 is 1. The summed E-state index contributed by atoms with van der Waals surface area (Å²) >= 11 is 6.29. The van der Waals surface area contributed by atoms with Gasteiger partial charge in [0, 0.05) is 42.2 Å². The third-order valence-corrected chi connectivity index (χ3v) is 5.50. The molecule has 2 aromatic carbocycles. The van der Waals surface area contributed by atoms with Crippen LogP contribution in [0, 0.1) is 10.1 Å². The molecule has 0 saturated carbocycles. The second kappa shape index (κ2) is 9.37. The van der Waals surface area contributed by atoms with E-state index < -0.39 is 10.9 Å². The number of non-ortho nitro benzene ring substituents is 1. The Morgan fingerprint density at radius 3 is 2.72 bits per heavy atom. The highest BCUT2D eigenvalue weighted by Gasteiger charge is 2.23. The first-order chi connectivity index (χ1) is 15.5. The van der Waals surface area contributed by atoms with Gasteiger partial charge in [0.05, 0.1) is 42.0 Å². The molecule has 0 radical (unpaired) electrons. The van der Waals surface area contributed by atoms with Crippen LogP contribution in [0.15, 0.2) is 42.5 Å². The summed E-state index contributed by atoms with van der Waals surface area (Å²) in [5, 5.41) is 12.3. The summed E-state index contributed by atoms with van der Waals surface area (Å²) in [7, 11) is 1.57. The van der Waals surface area contributed by atoms with Crippen molar-refractivity contribution in [2.75, 3.05) is 38.3 Å². The Hall–Kier alpha value is -3.43.